The van der Waals surface area contributed by atoms with Crippen molar-refractivity contribution in [3.8, 4) is 5.75 Å². The summed E-state index contributed by atoms with van der Waals surface area (Å²) in [6.07, 6.45) is 0. The molecular formula is C20H26N2O4S. The van der Waals surface area contributed by atoms with Crippen molar-refractivity contribution in [2.45, 2.75) is 38.5 Å². The maximum absolute atomic E-state index is 12.6. The average Bonchev–Trinajstić information content (AvgIpc) is 2.64. The van der Waals surface area contributed by atoms with Gasteiger partial charge in [0.15, 0.2) is 0 Å². The summed E-state index contributed by atoms with van der Waals surface area (Å²) in [5, 5.41) is 12.6. The number of hydrogen-bond donors (Lipinski definition) is 2. The van der Waals surface area contributed by atoms with Crippen molar-refractivity contribution < 1.29 is 18.3 Å². The fourth-order valence-corrected chi connectivity index (χ4v) is 4.19. The lowest BCUT2D eigenvalue weighted by molar-refractivity contribution is 0.102. The van der Waals surface area contributed by atoms with Gasteiger partial charge in [0.1, 0.15) is 5.75 Å². The van der Waals surface area contributed by atoms with Crippen molar-refractivity contribution in [1.29, 1.82) is 0 Å². The van der Waals surface area contributed by atoms with E-state index in [1.54, 1.807) is 26.0 Å². The molecule has 0 spiro atoms. The Morgan fingerprint density at radius 3 is 2.19 bits per heavy atom. The lowest BCUT2D eigenvalue weighted by Gasteiger charge is -2.19. The highest BCUT2D eigenvalue weighted by Crippen LogP contribution is 2.28. The van der Waals surface area contributed by atoms with E-state index in [0.29, 0.717) is 24.6 Å². The molecule has 2 N–H and O–H groups in total. The summed E-state index contributed by atoms with van der Waals surface area (Å²) in [5.74, 6) is -0.258. The van der Waals surface area contributed by atoms with Gasteiger partial charge in [-0.15, -0.1) is 0 Å². The summed E-state index contributed by atoms with van der Waals surface area (Å²) in [6, 6.07) is 11.0. The largest absolute Gasteiger partial charge is 0.506 e. The van der Waals surface area contributed by atoms with Gasteiger partial charge in [-0.2, -0.15) is 4.31 Å². The maximum atomic E-state index is 12.6. The Bertz CT molecular complexity index is 902. The monoisotopic (exact) mass is 390 g/mol. The molecule has 0 saturated carbocycles. The van der Waals surface area contributed by atoms with E-state index in [4.69, 9.17) is 0 Å². The molecule has 146 valence electrons. The molecule has 0 aliphatic heterocycles. The van der Waals surface area contributed by atoms with Crippen LogP contribution >= 0.6 is 0 Å². The van der Waals surface area contributed by atoms with E-state index in [2.05, 4.69) is 19.2 Å². The van der Waals surface area contributed by atoms with Crippen LogP contribution in [0.4, 0.5) is 5.69 Å². The Balaban J connectivity index is 2.30. The smallest absolute Gasteiger partial charge is 0.255 e. The minimum absolute atomic E-state index is 0.0226. The number of benzene rings is 2. The second kappa shape index (κ2) is 8.54. The van der Waals surface area contributed by atoms with Gasteiger partial charge in [-0.3, -0.25) is 4.79 Å². The minimum Gasteiger partial charge on any atom is -0.506 e. The van der Waals surface area contributed by atoms with Crippen LogP contribution < -0.4 is 5.32 Å². The molecule has 0 unspecified atom stereocenters. The number of aromatic hydroxyl groups is 1. The summed E-state index contributed by atoms with van der Waals surface area (Å²) in [7, 11) is -3.69. The fraction of sp³-hybridized carbons (Fsp3) is 0.350. The zero-order valence-electron chi connectivity index (χ0n) is 16.1. The maximum Gasteiger partial charge on any atom is 0.255 e. The first-order valence-corrected chi connectivity index (χ1v) is 10.4. The first-order chi connectivity index (χ1) is 12.7. The summed E-state index contributed by atoms with van der Waals surface area (Å²) in [5.41, 5.74) is 1.60. The molecule has 0 saturated heterocycles. The van der Waals surface area contributed by atoms with Gasteiger partial charge in [0, 0.05) is 18.7 Å². The highest BCUT2D eigenvalue weighted by Gasteiger charge is 2.23. The van der Waals surface area contributed by atoms with Crippen LogP contribution in [0.2, 0.25) is 0 Å². The highest BCUT2D eigenvalue weighted by molar-refractivity contribution is 7.89. The van der Waals surface area contributed by atoms with Crippen LogP contribution in [-0.4, -0.2) is 36.8 Å². The number of carbonyl (C=O) groups is 1. The Kier molecular flexibility index (Phi) is 6.62. The average molecular weight is 391 g/mol. The van der Waals surface area contributed by atoms with Crippen molar-refractivity contribution in [1.82, 2.24) is 4.31 Å². The van der Waals surface area contributed by atoms with Crippen molar-refractivity contribution >= 4 is 21.6 Å². The molecule has 0 aromatic heterocycles. The van der Waals surface area contributed by atoms with E-state index in [9.17, 15) is 18.3 Å². The zero-order chi connectivity index (χ0) is 20.2. The molecular weight excluding hydrogens is 364 g/mol. The second-order valence-electron chi connectivity index (χ2n) is 6.50. The molecule has 0 fully saturated rings. The summed E-state index contributed by atoms with van der Waals surface area (Å²) < 4.78 is 26.6. The third-order valence-corrected chi connectivity index (χ3v) is 6.44. The molecule has 27 heavy (non-hydrogen) atoms. The van der Waals surface area contributed by atoms with E-state index < -0.39 is 15.9 Å². The number of sulfonamides is 1. The fourth-order valence-electron chi connectivity index (χ4n) is 2.70. The highest BCUT2D eigenvalue weighted by atomic mass is 32.2. The van der Waals surface area contributed by atoms with Crippen LogP contribution in [0.1, 0.15) is 49.5 Å². The van der Waals surface area contributed by atoms with Crippen molar-refractivity contribution in [2.24, 2.45) is 0 Å². The first kappa shape index (κ1) is 20.9. The SMILES string of the molecule is CCN(CC)S(=O)(=O)c1ccc(O)c(NC(=O)c2ccc(C(C)C)cc2)c1. The van der Waals surface area contributed by atoms with Crippen LogP contribution in [0.15, 0.2) is 47.4 Å². The number of nitrogens with one attached hydrogen (secondary N) is 1. The van der Waals surface area contributed by atoms with Gasteiger partial charge in [-0.25, -0.2) is 8.42 Å². The molecule has 0 aliphatic carbocycles. The van der Waals surface area contributed by atoms with Crippen LogP contribution in [0.5, 0.6) is 5.75 Å². The molecule has 6 nitrogen and oxygen atoms in total. The van der Waals surface area contributed by atoms with Gasteiger partial charge < -0.3 is 10.4 Å². The minimum atomic E-state index is -3.69. The second-order valence-corrected chi connectivity index (χ2v) is 8.44. The molecule has 7 heteroatoms. The molecule has 1 amide bonds. The van der Waals surface area contributed by atoms with Gasteiger partial charge in [0.05, 0.1) is 10.6 Å². The van der Waals surface area contributed by atoms with Crippen LogP contribution in [0.3, 0.4) is 0 Å². The summed E-state index contributed by atoms with van der Waals surface area (Å²) >= 11 is 0. The van der Waals surface area contributed by atoms with Crippen molar-refractivity contribution in [2.75, 3.05) is 18.4 Å². The van der Waals surface area contributed by atoms with Gasteiger partial charge >= 0.3 is 0 Å². The van der Waals surface area contributed by atoms with Crippen LogP contribution in [0, 0.1) is 0 Å². The summed E-state index contributed by atoms with van der Waals surface area (Å²) in [4.78, 5) is 12.5. The number of hydrogen-bond acceptors (Lipinski definition) is 4. The number of carbonyl (C=O) groups excluding carboxylic acids is 1. The zero-order valence-corrected chi connectivity index (χ0v) is 16.9. The molecule has 2 aromatic carbocycles. The van der Waals surface area contributed by atoms with Crippen LogP contribution in [0.25, 0.3) is 0 Å². The standard InChI is InChI=1S/C20H26N2O4S/c1-5-22(6-2)27(25,26)17-11-12-19(23)18(13-17)21-20(24)16-9-7-15(8-10-16)14(3)4/h7-14,23H,5-6H2,1-4H3,(H,21,24). The Hall–Kier alpha value is -2.38. The van der Waals surface area contributed by atoms with E-state index in [-0.39, 0.29) is 16.3 Å². The predicted octanol–water partition coefficient (Wildman–Crippen LogP) is 3.80. The van der Waals surface area contributed by atoms with Crippen molar-refractivity contribution in [3.05, 3.63) is 53.6 Å². The predicted molar refractivity (Wildman–Crippen MR) is 107 cm³/mol. The number of anilines is 1. The third-order valence-electron chi connectivity index (χ3n) is 4.40. The number of nitrogens with zero attached hydrogens (tertiary/aromatic N) is 1. The van der Waals surface area contributed by atoms with E-state index in [0.717, 1.165) is 5.56 Å². The Morgan fingerprint density at radius 1 is 1.07 bits per heavy atom. The van der Waals surface area contributed by atoms with E-state index >= 15 is 0 Å². The number of amides is 1. The topological polar surface area (TPSA) is 86.7 Å². The quantitative estimate of drug-likeness (QED) is 0.704. The van der Waals surface area contributed by atoms with Crippen LogP contribution in [-0.2, 0) is 10.0 Å². The number of phenols is 1. The van der Waals surface area contributed by atoms with Gasteiger partial charge in [-0.05, 0) is 41.8 Å². The molecule has 0 radical (unpaired) electrons. The molecule has 0 heterocycles. The van der Waals surface area contributed by atoms with Crippen molar-refractivity contribution in [3.63, 3.8) is 0 Å². The molecule has 0 bridgehead atoms. The van der Waals surface area contributed by atoms with E-state index in [1.807, 2.05) is 12.1 Å². The first-order valence-electron chi connectivity index (χ1n) is 8.95. The van der Waals surface area contributed by atoms with Gasteiger partial charge in [0.2, 0.25) is 10.0 Å². The Labute approximate surface area is 160 Å². The lowest BCUT2D eigenvalue weighted by Crippen LogP contribution is -2.30. The Morgan fingerprint density at radius 2 is 1.67 bits per heavy atom. The molecule has 2 rings (SSSR count). The number of rotatable bonds is 7. The van der Waals surface area contributed by atoms with Gasteiger partial charge in [-0.1, -0.05) is 39.8 Å². The number of phenolic OH excluding ortho intramolecular Hbond substituents is 1. The van der Waals surface area contributed by atoms with E-state index in [1.165, 1.54) is 22.5 Å². The molecule has 2 aromatic rings. The molecule has 0 aliphatic rings. The van der Waals surface area contributed by atoms with Gasteiger partial charge in [0.25, 0.3) is 5.91 Å². The third kappa shape index (κ3) is 4.67. The normalized spacial score (nSPS) is 11.8. The molecule has 0 atom stereocenters. The summed E-state index contributed by atoms with van der Waals surface area (Å²) in [6.45, 7) is 8.31. The lowest BCUT2D eigenvalue weighted by atomic mass is 10.0.